The number of thiophene rings is 1. The van der Waals surface area contributed by atoms with Gasteiger partial charge in [-0.2, -0.15) is 11.3 Å². The van der Waals surface area contributed by atoms with E-state index in [2.05, 4.69) is 14.9 Å². The Bertz CT molecular complexity index is 638. The molecule has 1 aliphatic rings. The Morgan fingerprint density at radius 1 is 1.57 bits per heavy atom. The molecule has 0 aromatic carbocycles. The summed E-state index contributed by atoms with van der Waals surface area (Å²) in [5, 5.41) is 4.02. The van der Waals surface area contributed by atoms with Gasteiger partial charge in [0.05, 0.1) is 19.6 Å². The molecule has 2 aromatic heterocycles. The van der Waals surface area contributed by atoms with Gasteiger partial charge in [0.2, 0.25) is 5.91 Å². The molecule has 0 bridgehead atoms. The molecule has 2 aromatic rings. The van der Waals surface area contributed by atoms with Gasteiger partial charge in [-0.25, -0.2) is 4.98 Å². The standard InChI is InChI=1S/C16H22N4O2S/c1-19(2)9-13-8-17-16(18-13)14-10-20(4-5-22-14)15(21)7-12-3-6-23-11-12/h3,6,8,11,14H,4-5,7,9-10H2,1-2H3,(H,17,18)/t14-/m0/s1. The van der Waals surface area contributed by atoms with E-state index < -0.39 is 0 Å². The highest BCUT2D eigenvalue weighted by molar-refractivity contribution is 7.07. The minimum absolute atomic E-state index is 0.150. The van der Waals surface area contributed by atoms with Gasteiger partial charge in [0.1, 0.15) is 11.9 Å². The van der Waals surface area contributed by atoms with Gasteiger partial charge in [0.15, 0.2) is 0 Å². The van der Waals surface area contributed by atoms with Gasteiger partial charge in [0.25, 0.3) is 0 Å². The summed E-state index contributed by atoms with van der Waals surface area (Å²) in [6.07, 6.45) is 2.12. The van der Waals surface area contributed by atoms with E-state index in [1.807, 2.05) is 42.0 Å². The number of aromatic nitrogens is 2. The van der Waals surface area contributed by atoms with Gasteiger partial charge in [-0.15, -0.1) is 0 Å². The molecule has 1 atom stereocenters. The second kappa shape index (κ2) is 7.25. The lowest BCUT2D eigenvalue weighted by Crippen LogP contribution is -2.43. The lowest BCUT2D eigenvalue weighted by molar-refractivity contribution is -0.138. The summed E-state index contributed by atoms with van der Waals surface area (Å²) in [7, 11) is 4.03. The molecule has 0 spiro atoms. The molecule has 3 heterocycles. The fraction of sp³-hybridized carbons (Fsp3) is 0.500. The number of hydrogen-bond acceptors (Lipinski definition) is 5. The van der Waals surface area contributed by atoms with E-state index in [1.165, 1.54) is 0 Å². The van der Waals surface area contributed by atoms with Crippen LogP contribution < -0.4 is 0 Å². The highest BCUT2D eigenvalue weighted by atomic mass is 32.1. The van der Waals surface area contributed by atoms with Gasteiger partial charge >= 0.3 is 0 Å². The molecule has 1 N–H and O–H groups in total. The number of H-pyrrole nitrogens is 1. The van der Waals surface area contributed by atoms with Crippen LogP contribution in [0.5, 0.6) is 0 Å². The molecule has 7 heteroatoms. The number of carbonyl (C=O) groups excluding carboxylic acids is 1. The van der Waals surface area contributed by atoms with Crippen LogP contribution in [0.3, 0.4) is 0 Å². The third-order valence-electron chi connectivity index (χ3n) is 3.79. The zero-order valence-electron chi connectivity index (χ0n) is 13.5. The van der Waals surface area contributed by atoms with Crippen molar-refractivity contribution >= 4 is 17.2 Å². The summed E-state index contributed by atoms with van der Waals surface area (Å²) in [4.78, 5) is 24.1. The third-order valence-corrected chi connectivity index (χ3v) is 4.53. The summed E-state index contributed by atoms with van der Waals surface area (Å²) in [6.45, 7) is 2.55. The molecule has 1 aliphatic heterocycles. The number of carbonyl (C=O) groups is 1. The summed E-state index contributed by atoms with van der Waals surface area (Å²) in [5.41, 5.74) is 2.13. The zero-order valence-corrected chi connectivity index (χ0v) is 14.3. The third kappa shape index (κ3) is 4.19. The Hall–Kier alpha value is -1.70. The maximum atomic E-state index is 12.4. The first-order valence-corrected chi connectivity index (χ1v) is 8.65. The molecule has 0 aliphatic carbocycles. The van der Waals surface area contributed by atoms with Crippen molar-refractivity contribution in [1.29, 1.82) is 0 Å². The number of nitrogens with one attached hydrogen (secondary N) is 1. The van der Waals surface area contributed by atoms with Gasteiger partial charge in [-0.3, -0.25) is 4.79 Å². The number of hydrogen-bond donors (Lipinski definition) is 1. The molecular weight excluding hydrogens is 312 g/mol. The molecule has 23 heavy (non-hydrogen) atoms. The van der Waals surface area contributed by atoms with E-state index in [0.29, 0.717) is 26.1 Å². The van der Waals surface area contributed by atoms with Crippen LogP contribution >= 0.6 is 11.3 Å². The second-order valence-corrected chi connectivity index (χ2v) is 6.82. The number of rotatable bonds is 5. The van der Waals surface area contributed by atoms with Crippen molar-refractivity contribution in [3.63, 3.8) is 0 Å². The minimum atomic E-state index is -0.175. The van der Waals surface area contributed by atoms with Crippen molar-refractivity contribution in [3.8, 4) is 0 Å². The Morgan fingerprint density at radius 3 is 3.17 bits per heavy atom. The van der Waals surface area contributed by atoms with Crippen molar-refractivity contribution in [2.75, 3.05) is 33.8 Å². The highest BCUT2D eigenvalue weighted by Gasteiger charge is 2.27. The van der Waals surface area contributed by atoms with Crippen molar-refractivity contribution in [2.24, 2.45) is 0 Å². The van der Waals surface area contributed by atoms with Crippen LogP contribution in [0.2, 0.25) is 0 Å². The lowest BCUT2D eigenvalue weighted by Gasteiger charge is -2.32. The first kappa shape index (κ1) is 16.2. The molecule has 3 rings (SSSR count). The first-order chi connectivity index (χ1) is 11.1. The Labute approximate surface area is 140 Å². The average molecular weight is 334 g/mol. The summed E-state index contributed by atoms with van der Waals surface area (Å²) in [5.74, 6) is 0.951. The number of amides is 1. The van der Waals surface area contributed by atoms with Crippen molar-refractivity contribution in [2.45, 2.75) is 19.1 Å². The van der Waals surface area contributed by atoms with Crippen LogP contribution in [0.15, 0.2) is 23.0 Å². The number of morpholine rings is 1. The predicted octanol–water partition coefficient (Wildman–Crippen LogP) is 1.68. The summed E-state index contributed by atoms with van der Waals surface area (Å²) >= 11 is 1.62. The molecule has 1 fully saturated rings. The Balaban J connectivity index is 1.61. The Kier molecular flexibility index (Phi) is 5.09. The van der Waals surface area contributed by atoms with Crippen molar-refractivity contribution < 1.29 is 9.53 Å². The molecule has 124 valence electrons. The first-order valence-electron chi connectivity index (χ1n) is 7.71. The highest BCUT2D eigenvalue weighted by Crippen LogP contribution is 2.21. The molecular formula is C16H22N4O2S. The maximum Gasteiger partial charge on any atom is 0.227 e. The largest absolute Gasteiger partial charge is 0.367 e. The van der Waals surface area contributed by atoms with Crippen molar-refractivity contribution in [1.82, 2.24) is 19.8 Å². The number of imidazole rings is 1. The molecule has 0 unspecified atom stereocenters. The van der Waals surface area contributed by atoms with E-state index in [0.717, 1.165) is 23.6 Å². The minimum Gasteiger partial charge on any atom is -0.367 e. The Morgan fingerprint density at radius 2 is 2.43 bits per heavy atom. The van der Waals surface area contributed by atoms with Gasteiger partial charge < -0.3 is 19.5 Å². The van der Waals surface area contributed by atoms with Gasteiger partial charge in [-0.1, -0.05) is 0 Å². The maximum absolute atomic E-state index is 12.4. The van der Waals surface area contributed by atoms with E-state index >= 15 is 0 Å². The fourth-order valence-electron chi connectivity index (χ4n) is 2.68. The quantitative estimate of drug-likeness (QED) is 0.904. The summed E-state index contributed by atoms with van der Waals surface area (Å²) in [6, 6.07) is 2.00. The smallest absolute Gasteiger partial charge is 0.227 e. The fourth-order valence-corrected chi connectivity index (χ4v) is 3.35. The molecule has 0 saturated carbocycles. The van der Waals surface area contributed by atoms with Crippen molar-refractivity contribution in [3.05, 3.63) is 40.1 Å². The van der Waals surface area contributed by atoms with Crippen LogP contribution in [0.1, 0.15) is 23.2 Å². The van der Waals surface area contributed by atoms with Crippen LogP contribution in [0.4, 0.5) is 0 Å². The molecule has 1 amide bonds. The molecule has 0 radical (unpaired) electrons. The zero-order chi connectivity index (χ0) is 16.2. The number of aromatic amines is 1. The van der Waals surface area contributed by atoms with Crippen LogP contribution in [0.25, 0.3) is 0 Å². The average Bonchev–Trinajstić information content (AvgIpc) is 3.18. The normalized spacial score (nSPS) is 18.6. The van der Waals surface area contributed by atoms with Crippen LogP contribution in [-0.4, -0.2) is 59.5 Å². The van der Waals surface area contributed by atoms with E-state index in [1.54, 1.807) is 11.3 Å². The topological polar surface area (TPSA) is 61.5 Å². The van der Waals surface area contributed by atoms with Gasteiger partial charge in [-0.05, 0) is 36.5 Å². The van der Waals surface area contributed by atoms with Crippen LogP contribution in [-0.2, 0) is 22.5 Å². The van der Waals surface area contributed by atoms with Gasteiger partial charge in [0, 0.05) is 25.0 Å². The van der Waals surface area contributed by atoms with E-state index in [4.69, 9.17) is 4.74 Å². The van der Waals surface area contributed by atoms with Crippen LogP contribution in [0, 0.1) is 0 Å². The number of nitrogens with zero attached hydrogens (tertiary/aromatic N) is 3. The lowest BCUT2D eigenvalue weighted by atomic mass is 10.2. The molecule has 6 nitrogen and oxygen atoms in total. The second-order valence-electron chi connectivity index (χ2n) is 6.04. The predicted molar refractivity (Wildman–Crippen MR) is 89.3 cm³/mol. The molecule has 1 saturated heterocycles. The van der Waals surface area contributed by atoms with E-state index in [-0.39, 0.29) is 12.0 Å². The monoisotopic (exact) mass is 334 g/mol. The SMILES string of the molecule is CN(C)Cc1cnc([C@@H]2CN(C(=O)Cc3ccsc3)CCO2)[nH]1. The number of ether oxygens (including phenoxy) is 1. The van der Waals surface area contributed by atoms with E-state index in [9.17, 15) is 4.79 Å². The summed E-state index contributed by atoms with van der Waals surface area (Å²) < 4.78 is 5.80.